The number of benzene rings is 2. The van der Waals surface area contributed by atoms with Gasteiger partial charge in [0.15, 0.2) is 0 Å². The molecule has 3 aromatic rings. The fourth-order valence-electron chi connectivity index (χ4n) is 4.90. The van der Waals surface area contributed by atoms with Gasteiger partial charge in [0.1, 0.15) is 5.82 Å². The topological polar surface area (TPSA) is 91.8 Å². The number of nitrogens with zero attached hydrogens (tertiary/aromatic N) is 3. The molecule has 8 nitrogen and oxygen atoms in total. The standard InChI is InChI=1S/C27H32N4O4S/c1-20-5-2-3-6-22(20)18-28-27(32)23-7-4-12-30(19-23)26-11-8-21-17-24(9-10-25(21)29-26)36(33,34)31-13-15-35-16-14-31/h2-3,5-6,8-11,17,23H,4,7,12-16,18-19H2,1H3,(H,28,32)/t23-/m1/s1. The minimum atomic E-state index is -3.56. The molecule has 190 valence electrons. The van der Waals surface area contributed by atoms with Crippen LogP contribution in [0, 0.1) is 12.8 Å². The van der Waals surface area contributed by atoms with Gasteiger partial charge >= 0.3 is 0 Å². The lowest BCUT2D eigenvalue weighted by atomic mass is 9.97. The molecule has 1 N–H and O–H groups in total. The molecule has 1 aromatic heterocycles. The number of carbonyl (C=O) groups is 1. The Labute approximate surface area is 212 Å². The van der Waals surface area contributed by atoms with Crippen LogP contribution in [0.2, 0.25) is 0 Å². The van der Waals surface area contributed by atoms with Crippen LogP contribution in [0.1, 0.15) is 24.0 Å². The zero-order valence-electron chi connectivity index (χ0n) is 20.5. The molecule has 2 aliphatic rings. The Bertz CT molecular complexity index is 1350. The number of pyridine rings is 1. The Morgan fingerprint density at radius 3 is 2.69 bits per heavy atom. The molecule has 3 heterocycles. The summed E-state index contributed by atoms with van der Waals surface area (Å²) >= 11 is 0. The van der Waals surface area contributed by atoms with Gasteiger partial charge < -0.3 is 15.0 Å². The van der Waals surface area contributed by atoms with E-state index in [1.54, 1.807) is 18.2 Å². The van der Waals surface area contributed by atoms with Crippen LogP contribution in [0.4, 0.5) is 5.82 Å². The molecule has 0 radical (unpaired) electrons. The Kier molecular flexibility index (Phi) is 7.22. The van der Waals surface area contributed by atoms with Gasteiger partial charge in [-0.25, -0.2) is 13.4 Å². The fourth-order valence-corrected chi connectivity index (χ4v) is 6.34. The molecular weight excluding hydrogens is 476 g/mol. The number of hydrogen-bond donors (Lipinski definition) is 1. The first-order valence-electron chi connectivity index (χ1n) is 12.5. The highest BCUT2D eigenvalue weighted by molar-refractivity contribution is 7.89. The highest BCUT2D eigenvalue weighted by Crippen LogP contribution is 2.27. The summed E-state index contributed by atoms with van der Waals surface area (Å²) < 4.78 is 32.8. The predicted molar refractivity (Wildman–Crippen MR) is 139 cm³/mol. The van der Waals surface area contributed by atoms with Crippen molar-refractivity contribution in [1.82, 2.24) is 14.6 Å². The number of hydrogen-bond acceptors (Lipinski definition) is 6. The van der Waals surface area contributed by atoms with Crippen molar-refractivity contribution in [3.05, 3.63) is 65.7 Å². The molecular formula is C27H32N4O4S. The molecule has 1 amide bonds. The largest absolute Gasteiger partial charge is 0.379 e. The van der Waals surface area contributed by atoms with Crippen molar-refractivity contribution in [3.8, 4) is 0 Å². The maximum Gasteiger partial charge on any atom is 0.243 e. The second-order valence-corrected chi connectivity index (χ2v) is 11.4. The van der Waals surface area contributed by atoms with Gasteiger partial charge in [-0.1, -0.05) is 24.3 Å². The minimum Gasteiger partial charge on any atom is -0.379 e. The Morgan fingerprint density at radius 1 is 1.08 bits per heavy atom. The highest BCUT2D eigenvalue weighted by Gasteiger charge is 2.28. The van der Waals surface area contributed by atoms with E-state index < -0.39 is 10.0 Å². The monoisotopic (exact) mass is 508 g/mol. The second kappa shape index (κ2) is 10.5. The lowest BCUT2D eigenvalue weighted by molar-refractivity contribution is -0.125. The number of morpholine rings is 1. The summed E-state index contributed by atoms with van der Waals surface area (Å²) in [5, 5.41) is 3.88. The van der Waals surface area contributed by atoms with Crippen LogP contribution in [0.15, 0.2) is 59.5 Å². The molecule has 2 fully saturated rings. The third-order valence-corrected chi connectivity index (χ3v) is 8.98. The summed E-state index contributed by atoms with van der Waals surface area (Å²) in [5.74, 6) is 0.783. The van der Waals surface area contributed by atoms with Crippen LogP contribution < -0.4 is 10.2 Å². The summed E-state index contributed by atoms with van der Waals surface area (Å²) in [4.78, 5) is 20.1. The number of amides is 1. The minimum absolute atomic E-state index is 0.0710. The van der Waals surface area contributed by atoms with Crippen LogP contribution >= 0.6 is 0 Å². The molecule has 2 aromatic carbocycles. The number of sulfonamides is 1. The fraction of sp³-hybridized carbons (Fsp3) is 0.407. The van der Waals surface area contributed by atoms with Gasteiger partial charge in [-0.05, 0) is 61.2 Å². The summed E-state index contributed by atoms with van der Waals surface area (Å²) in [7, 11) is -3.56. The summed E-state index contributed by atoms with van der Waals surface area (Å²) in [6.45, 7) is 5.60. The third kappa shape index (κ3) is 5.23. The van der Waals surface area contributed by atoms with E-state index in [1.165, 1.54) is 9.87 Å². The molecule has 1 atom stereocenters. The first-order valence-corrected chi connectivity index (χ1v) is 13.9. The van der Waals surface area contributed by atoms with Gasteiger partial charge in [-0.2, -0.15) is 4.31 Å². The average molecular weight is 509 g/mol. The number of anilines is 1. The van der Waals surface area contributed by atoms with E-state index in [1.807, 2.05) is 30.3 Å². The SMILES string of the molecule is Cc1ccccc1CNC(=O)[C@@H]1CCCN(c2ccc3cc(S(=O)(=O)N4CCOCC4)ccc3n2)C1. The molecule has 0 bridgehead atoms. The van der Waals surface area contributed by atoms with Crippen LogP contribution in [-0.4, -0.2) is 63.0 Å². The number of rotatable bonds is 6. The van der Waals surface area contributed by atoms with Gasteiger partial charge in [-0.3, -0.25) is 4.79 Å². The van der Waals surface area contributed by atoms with E-state index in [0.29, 0.717) is 39.4 Å². The van der Waals surface area contributed by atoms with Crippen LogP contribution in [-0.2, 0) is 26.1 Å². The van der Waals surface area contributed by atoms with Crippen molar-refractivity contribution >= 4 is 32.7 Å². The number of fused-ring (bicyclic) bond motifs is 1. The summed E-state index contributed by atoms with van der Waals surface area (Å²) in [6, 6.07) is 17.0. The number of piperidine rings is 1. The predicted octanol–water partition coefficient (Wildman–Crippen LogP) is 3.10. The molecule has 0 spiro atoms. The maximum absolute atomic E-state index is 13.0. The third-order valence-electron chi connectivity index (χ3n) is 7.08. The van der Waals surface area contributed by atoms with E-state index >= 15 is 0 Å². The summed E-state index contributed by atoms with van der Waals surface area (Å²) in [6.07, 6.45) is 1.77. The summed E-state index contributed by atoms with van der Waals surface area (Å²) in [5.41, 5.74) is 3.04. The maximum atomic E-state index is 13.0. The van der Waals surface area contributed by atoms with E-state index in [0.717, 1.165) is 41.7 Å². The smallest absolute Gasteiger partial charge is 0.243 e. The van der Waals surface area contributed by atoms with Crippen LogP contribution in [0.25, 0.3) is 10.9 Å². The van der Waals surface area contributed by atoms with Crippen LogP contribution in [0.5, 0.6) is 0 Å². The van der Waals surface area contributed by atoms with Crippen molar-refractivity contribution in [1.29, 1.82) is 0 Å². The molecule has 36 heavy (non-hydrogen) atoms. The molecule has 5 rings (SSSR count). The number of carbonyl (C=O) groups excluding carboxylic acids is 1. The van der Waals surface area contributed by atoms with Gasteiger partial charge in [0, 0.05) is 38.1 Å². The van der Waals surface area contributed by atoms with Gasteiger partial charge in [0.05, 0.1) is 29.5 Å². The zero-order chi connectivity index (χ0) is 25.1. The normalized spacial score (nSPS) is 19.4. The first kappa shape index (κ1) is 24.7. The Balaban J connectivity index is 1.27. The van der Waals surface area contributed by atoms with E-state index in [4.69, 9.17) is 9.72 Å². The zero-order valence-corrected chi connectivity index (χ0v) is 21.3. The number of aromatic nitrogens is 1. The molecule has 9 heteroatoms. The van der Waals surface area contributed by atoms with Crippen molar-refractivity contribution < 1.29 is 17.9 Å². The van der Waals surface area contributed by atoms with Crippen molar-refractivity contribution in [2.24, 2.45) is 5.92 Å². The number of ether oxygens (including phenoxy) is 1. The van der Waals surface area contributed by atoms with Crippen molar-refractivity contribution in [2.45, 2.75) is 31.2 Å². The average Bonchev–Trinajstić information content (AvgIpc) is 2.92. The molecule has 0 aliphatic carbocycles. The highest BCUT2D eigenvalue weighted by atomic mass is 32.2. The quantitative estimate of drug-likeness (QED) is 0.550. The molecule has 2 aliphatic heterocycles. The van der Waals surface area contributed by atoms with Crippen molar-refractivity contribution in [2.75, 3.05) is 44.3 Å². The van der Waals surface area contributed by atoms with E-state index in [2.05, 4.69) is 23.2 Å². The van der Waals surface area contributed by atoms with E-state index in [-0.39, 0.29) is 16.7 Å². The first-order chi connectivity index (χ1) is 17.4. The van der Waals surface area contributed by atoms with Crippen LogP contribution in [0.3, 0.4) is 0 Å². The lowest BCUT2D eigenvalue weighted by Gasteiger charge is -2.33. The molecule has 2 saturated heterocycles. The van der Waals surface area contributed by atoms with Crippen molar-refractivity contribution in [3.63, 3.8) is 0 Å². The lowest BCUT2D eigenvalue weighted by Crippen LogP contribution is -2.43. The Hall–Kier alpha value is -3.01. The van der Waals surface area contributed by atoms with E-state index in [9.17, 15) is 13.2 Å². The number of nitrogens with one attached hydrogen (secondary N) is 1. The van der Waals surface area contributed by atoms with Gasteiger partial charge in [0.2, 0.25) is 15.9 Å². The molecule has 0 unspecified atom stereocenters. The second-order valence-electron chi connectivity index (χ2n) is 9.47. The number of aryl methyl sites for hydroxylation is 1. The van der Waals surface area contributed by atoms with Gasteiger partial charge in [-0.15, -0.1) is 0 Å². The van der Waals surface area contributed by atoms with Gasteiger partial charge in [0.25, 0.3) is 0 Å². The molecule has 0 saturated carbocycles. The Morgan fingerprint density at radius 2 is 1.89 bits per heavy atom.